The normalized spacial score (nSPS) is 19.7. The second-order valence-corrected chi connectivity index (χ2v) is 6.93. The summed E-state index contributed by atoms with van der Waals surface area (Å²) in [6, 6.07) is 0. The summed E-state index contributed by atoms with van der Waals surface area (Å²) in [5.41, 5.74) is 0.497. The molecule has 0 atom stereocenters. The van der Waals surface area contributed by atoms with Gasteiger partial charge < -0.3 is 10.6 Å². The third kappa shape index (κ3) is 4.30. The molecule has 2 amide bonds. The average molecular weight is 330 g/mol. The summed E-state index contributed by atoms with van der Waals surface area (Å²) in [6.07, 6.45) is 13.5. The number of rotatable bonds is 4. The molecule has 2 N–H and O–H groups in total. The molecule has 24 heavy (non-hydrogen) atoms. The number of hydrogen-bond acceptors (Lipinski definition) is 4. The van der Waals surface area contributed by atoms with Gasteiger partial charge in [-0.2, -0.15) is 0 Å². The van der Waals surface area contributed by atoms with Gasteiger partial charge in [-0.3, -0.25) is 9.59 Å². The van der Waals surface area contributed by atoms with Crippen LogP contribution in [0.25, 0.3) is 0 Å². The zero-order chi connectivity index (χ0) is 16.8. The highest BCUT2D eigenvalue weighted by Crippen LogP contribution is 2.28. The van der Waals surface area contributed by atoms with Crippen molar-refractivity contribution in [1.29, 1.82) is 0 Å². The van der Waals surface area contributed by atoms with Crippen molar-refractivity contribution in [2.24, 2.45) is 11.8 Å². The van der Waals surface area contributed by atoms with Gasteiger partial charge in [0.1, 0.15) is 12.0 Å². The van der Waals surface area contributed by atoms with Gasteiger partial charge in [0.15, 0.2) is 5.82 Å². The van der Waals surface area contributed by atoms with Crippen LogP contribution < -0.4 is 10.6 Å². The van der Waals surface area contributed by atoms with E-state index in [4.69, 9.17) is 0 Å². The van der Waals surface area contributed by atoms with E-state index < -0.39 is 0 Å². The van der Waals surface area contributed by atoms with Crippen LogP contribution in [0.3, 0.4) is 0 Å². The smallest absolute Gasteiger partial charge is 0.228 e. The quantitative estimate of drug-likeness (QED) is 0.885. The van der Waals surface area contributed by atoms with E-state index in [1.807, 2.05) is 0 Å². The number of carbonyl (C=O) groups is 2. The largest absolute Gasteiger partial charge is 0.321 e. The van der Waals surface area contributed by atoms with Gasteiger partial charge in [-0.05, 0) is 25.7 Å². The van der Waals surface area contributed by atoms with E-state index in [2.05, 4.69) is 20.6 Å². The van der Waals surface area contributed by atoms with Crippen LogP contribution in [0.5, 0.6) is 0 Å². The van der Waals surface area contributed by atoms with E-state index in [1.54, 1.807) is 6.20 Å². The van der Waals surface area contributed by atoms with Crippen LogP contribution in [0.4, 0.5) is 11.5 Å². The topological polar surface area (TPSA) is 84.0 Å². The molecule has 0 saturated heterocycles. The van der Waals surface area contributed by atoms with Gasteiger partial charge >= 0.3 is 0 Å². The first kappa shape index (κ1) is 16.9. The first-order valence-corrected chi connectivity index (χ1v) is 9.16. The number of carbonyl (C=O) groups excluding carboxylic acids is 2. The minimum Gasteiger partial charge on any atom is -0.321 e. The summed E-state index contributed by atoms with van der Waals surface area (Å²) >= 11 is 0. The molecule has 1 aromatic heterocycles. The standard InChI is InChI=1S/C18H26N4O2/c23-17(13-7-3-1-4-8-13)21-15-11-19-12-20-16(15)22-18(24)14-9-5-2-6-10-14/h11-14H,1-10H2,(H,21,23)(H,19,20,22,24). The molecule has 1 aromatic rings. The minimum absolute atomic E-state index is 0.00145. The molecule has 1 heterocycles. The van der Waals surface area contributed by atoms with Crippen molar-refractivity contribution in [3.8, 4) is 0 Å². The van der Waals surface area contributed by atoms with Gasteiger partial charge in [-0.25, -0.2) is 9.97 Å². The first-order valence-electron chi connectivity index (χ1n) is 9.16. The van der Waals surface area contributed by atoms with Crippen LogP contribution in [-0.2, 0) is 9.59 Å². The van der Waals surface area contributed by atoms with Crippen LogP contribution in [0, 0.1) is 11.8 Å². The lowest BCUT2D eigenvalue weighted by Gasteiger charge is -2.22. The third-order valence-electron chi connectivity index (χ3n) is 5.16. The first-order chi connectivity index (χ1) is 11.7. The molecule has 0 radical (unpaired) electrons. The zero-order valence-electron chi connectivity index (χ0n) is 14.1. The fourth-order valence-corrected chi connectivity index (χ4v) is 3.70. The van der Waals surface area contributed by atoms with Crippen molar-refractivity contribution in [2.75, 3.05) is 10.6 Å². The van der Waals surface area contributed by atoms with Crippen LogP contribution in [0.2, 0.25) is 0 Å². The highest BCUT2D eigenvalue weighted by atomic mass is 16.2. The minimum atomic E-state index is 0.00145. The molecule has 3 rings (SSSR count). The highest BCUT2D eigenvalue weighted by molar-refractivity contribution is 5.99. The van der Waals surface area contributed by atoms with E-state index in [0.29, 0.717) is 11.5 Å². The molecule has 2 aliphatic carbocycles. The van der Waals surface area contributed by atoms with Crippen molar-refractivity contribution in [2.45, 2.75) is 64.2 Å². The lowest BCUT2D eigenvalue weighted by atomic mass is 9.88. The Bertz CT molecular complexity index is 527. The molecule has 130 valence electrons. The van der Waals surface area contributed by atoms with Crippen LogP contribution in [0.1, 0.15) is 64.2 Å². The van der Waals surface area contributed by atoms with Gasteiger partial charge in [0.05, 0.1) is 6.20 Å². The lowest BCUT2D eigenvalue weighted by molar-refractivity contribution is -0.121. The molecule has 0 aliphatic heterocycles. The average Bonchev–Trinajstić information content (AvgIpc) is 2.64. The Balaban J connectivity index is 1.63. The van der Waals surface area contributed by atoms with Gasteiger partial charge in [0.25, 0.3) is 0 Å². The van der Waals surface area contributed by atoms with Crippen LogP contribution >= 0.6 is 0 Å². The van der Waals surface area contributed by atoms with Gasteiger partial charge in [-0.1, -0.05) is 38.5 Å². The summed E-state index contributed by atoms with van der Waals surface area (Å²) < 4.78 is 0. The molecule has 6 heteroatoms. The lowest BCUT2D eigenvalue weighted by Crippen LogP contribution is -2.28. The Morgan fingerprint density at radius 3 is 1.96 bits per heavy atom. The predicted molar refractivity (Wildman–Crippen MR) is 92.4 cm³/mol. The highest BCUT2D eigenvalue weighted by Gasteiger charge is 2.24. The summed E-state index contributed by atoms with van der Waals surface area (Å²) in [6.45, 7) is 0. The summed E-state index contributed by atoms with van der Waals surface area (Å²) in [4.78, 5) is 33.0. The Morgan fingerprint density at radius 1 is 0.833 bits per heavy atom. The van der Waals surface area contributed by atoms with Crippen molar-refractivity contribution in [1.82, 2.24) is 9.97 Å². The molecule has 2 saturated carbocycles. The SMILES string of the molecule is O=C(Nc1cncnc1NC(=O)C1CCCCC1)C1CCCCC1. The van der Waals surface area contributed by atoms with E-state index in [0.717, 1.165) is 51.4 Å². The Labute approximate surface area is 142 Å². The molecule has 0 bridgehead atoms. The summed E-state index contributed by atoms with van der Waals surface area (Å²) in [5.74, 6) is 0.528. The number of anilines is 2. The Hall–Kier alpha value is -1.98. The van der Waals surface area contributed by atoms with E-state index in [9.17, 15) is 9.59 Å². The fraction of sp³-hybridized carbons (Fsp3) is 0.667. The van der Waals surface area contributed by atoms with Gasteiger partial charge in [0.2, 0.25) is 11.8 Å². The second-order valence-electron chi connectivity index (χ2n) is 6.93. The number of hydrogen-bond donors (Lipinski definition) is 2. The maximum atomic E-state index is 12.4. The molecule has 0 aromatic carbocycles. The maximum Gasteiger partial charge on any atom is 0.228 e. The molecular formula is C18H26N4O2. The zero-order valence-corrected chi connectivity index (χ0v) is 14.1. The summed E-state index contributed by atoms with van der Waals surface area (Å²) in [7, 11) is 0. The Kier molecular flexibility index (Phi) is 5.77. The molecule has 2 aliphatic rings. The predicted octanol–water partition coefficient (Wildman–Crippen LogP) is 3.51. The van der Waals surface area contributed by atoms with E-state index in [-0.39, 0.29) is 23.7 Å². The monoisotopic (exact) mass is 330 g/mol. The number of amides is 2. The van der Waals surface area contributed by atoms with Crippen molar-refractivity contribution in [3.05, 3.63) is 12.5 Å². The second kappa shape index (κ2) is 8.22. The van der Waals surface area contributed by atoms with Crippen LogP contribution in [0.15, 0.2) is 12.5 Å². The maximum absolute atomic E-state index is 12.4. The number of aromatic nitrogens is 2. The molecule has 0 unspecified atom stereocenters. The van der Waals surface area contributed by atoms with Crippen molar-refractivity contribution in [3.63, 3.8) is 0 Å². The van der Waals surface area contributed by atoms with Crippen molar-refractivity contribution >= 4 is 23.3 Å². The number of nitrogens with zero attached hydrogens (tertiary/aromatic N) is 2. The van der Waals surface area contributed by atoms with Gasteiger partial charge in [-0.15, -0.1) is 0 Å². The molecule has 0 spiro atoms. The molecular weight excluding hydrogens is 304 g/mol. The molecule has 2 fully saturated rings. The molecule has 6 nitrogen and oxygen atoms in total. The fourth-order valence-electron chi connectivity index (χ4n) is 3.70. The number of nitrogens with one attached hydrogen (secondary N) is 2. The summed E-state index contributed by atoms with van der Waals surface area (Å²) in [5, 5.41) is 5.79. The van der Waals surface area contributed by atoms with Crippen molar-refractivity contribution < 1.29 is 9.59 Å². The van der Waals surface area contributed by atoms with Crippen LogP contribution in [-0.4, -0.2) is 21.8 Å². The Morgan fingerprint density at radius 2 is 1.38 bits per heavy atom. The van der Waals surface area contributed by atoms with Gasteiger partial charge in [0, 0.05) is 11.8 Å². The van der Waals surface area contributed by atoms with E-state index >= 15 is 0 Å². The third-order valence-corrected chi connectivity index (χ3v) is 5.16. The van der Waals surface area contributed by atoms with E-state index in [1.165, 1.54) is 19.2 Å².